The highest BCUT2D eigenvalue weighted by atomic mass is 19.1. The van der Waals surface area contributed by atoms with Crippen LogP contribution in [-0.4, -0.2) is 45.4 Å². The van der Waals surface area contributed by atoms with Gasteiger partial charge in [0.05, 0.1) is 6.04 Å². The van der Waals surface area contributed by atoms with E-state index >= 15 is 0 Å². The Bertz CT molecular complexity index is 772. The lowest BCUT2D eigenvalue weighted by Crippen LogP contribution is -2.39. The fourth-order valence-electron chi connectivity index (χ4n) is 3.23. The highest BCUT2D eigenvalue weighted by Gasteiger charge is 2.30. The standard InChI is InChI=1S/C19H23FN4O2/c1-2-17-21-8-10-23(17)13-18(25)22-16-11-19(26)24(12-16)9-7-14-3-5-15(20)6-4-14/h3-6,8,10,16H,2,7,9,11-13H2,1H3,(H,22,25)/t16-/m1/s1. The zero-order chi connectivity index (χ0) is 18.5. The first-order valence-electron chi connectivity index (χ1n) is 8.86. The molecule has 1 aliphatic heterocycles. The summed E-state index contributed by atoms with van der Waals surface area (Å²) in [5.41, 5.74) is 0.985. The summed E-state index contributed by atoms with van der Waals surface area (Å²) in [4.78, 5) is 30.3. The summed E-state index contributed by atoms with van der Waals surface area (Å²) in [6.07, 6.45) is 5.22. The van der Waals surface area contributed by atoms with Crippen molar-refractivity contribution in [1.82, 2.24) is 19.8 Å². The van der Waals surface area contributed by atoms with E-state index < -0.39 is 0 Å². The van der Waals surface area contributed by atoms with Gasteiger partial charge < -0.3 is 14.8 Å². The predicted octanol–water partition coefficient (Wildman–Crippen LogP) is 1.54. The van der Waals surface area contributed by atoms with Crippen LogP contribution >= 0.6 is 0 Å². The van der Waals surface area contributed by atoms with Crippen LogP contribution < -0.4 is 5.32 Å². The maximum absolute atomic E-state index is 12.9. The van der Waals surface area contributed by atoms with Crippen molar-refractivity contribution in [1.29, 1.82) is 0 Å². The van der Waals surface area contributed by atoms with Gasteiger partial charge in [0.1, 0.15) is 18.2 Å². The lowest BCUT2D eigenvalue weighted by atomic mass is 10.1. The number of aromatic nitrogens is 2. The molecule has 0 radical (unpaired) electrons. The molecule has 0 spiro atoms. The minimum Gasteiger partial charge on any atom is -0.350 e. The van der Waals surface area contributed by atoms with E-state index in [1.165, 1.54) is 12.1 Å². The van der Waals surface area contributed by atoms with Crippen molar-refractivity contribution in [3.63, 3.8) is 0 Å². The monoisotopic (exact) mass is 358 g/mol. The van der Waals surface area contributed by atoms with E-state index in [1.807, 2.05) is 11.5 Å². The number of halogens is 1. The highest BCUT2D eigenvalue weighted by Crippen LogP contribution is 2.13. The molecule has 1 aliphatic rings. The van der Waals surface area contributed by atoms with Gasteiger partial charge in [-0.3, -0.25) is 9.59 Å². The Morgan fingerprint density at radius 3 is 2.85 bits per heavy atom. The molecular weight excluding hydrogens is 335 g/mol. The zero-order valence-corrected chi connectivity index (χ0v) is 14.8. The number of carbonyl (C=O) groups is 2. The number of hydrogen-bond donors (Lipinski definition) is 1. The van der Waals surface area contributed by atoms with E-state index in [9.17, 15) is 14.0 Å². The molecule has 1 aromatic carbocycles. The normalized spacial score (nSPS) is 16.9. The molecule has 0 unspecified atom stereocenters. The molecule has 7 heteroatoms. The summed E-state index contributed by atoms with van der Waals surface area (Å²) in [5.74, 6) is 0.520. The van der Waals surface area contributed by atoms with E-state index in [0.29, 0.717) is 25.9 Å². The van der Waals surface area contributed by atoms with Gasteiger partial charge in [0.15, 0.2) is 0 Å². The number of carbonyl (C=O) groups excluding carboxylic acids is 2. The molecule has 3 rings (SSSR count). The van der Waals surface area contributed by atoms with Crippen LogP contribution in [0.2, 0.25) is 0 Å². The van der Waals surface area contributed by atoms with Crippen LogP contribution in [0.5, 0.6) is 0 Å². The molecule has 1 N–H and O–H groups in total. The van der Waals surface area contributed by atoms with Gasteiger partial charge in [0, 0.05) is 38.3 Å². The Morgan fingerprint density at radius 1 is 1.35 bits per heavy atom. The number of rotatable bonds is 7. The SMILES string of the molecule is CCc1nccn1CC(=O)N[C@@H]1CC(=O)N(CCc2ccc(F)cc2)C1. The molecule has 2 amide bonds. The van der Waals surface area contributed by atoms with Crippen LogP contribution in [-0.2, 0) is 29.0 Å². The summed E-state index contributed by atoms with van der Waals surface area (Å²) >= 11 is 0. The van der Waals surface area contributed by atoms with Crippen LogP contribution in [0.3, 0.4) is 0 Å². The largest absolute Gasteiger partial charge is 0.350 e. The van der Waals surface area contributed by atoms with Crippen molar-refractivity contribution in [2.24, 2.45) is 0 Å². The number of aryl methyl sites for hydroxylation is 1. The third-order valence-corrected chi connectivity index (χ3v) is 4.60. The van der Waals surface area contributed by atoms with E-state index in [-0.39, 0.29) is 30.2 Å². The number of imidazole rings is 1. The molecule has 1 saturated heterocycles. The molecule has 1 aromatic heterocycles. The van der Waals surface area contributed by atoms with E-state index in [0.717, 1.165) is 17.8 Å². The molecule has 0 bridgehead atoms. The van der Waals surface area contributed by atoms with Crippen LogP contribution in [0.4, 0.5) is 4.39 Å². The van der Waals surface area contributed by atoms with E-state index in [1.54, 1.807) is 29.4 Å². The lowest BCUT2D eigenvalue weighted by Gasteiger charge is -2.17. The van der Waals surface area contributed by atoms with Crippen LogP contribution in [0.15, 0.2) is 36.7 Å². The van der Waals surface area contributed by atoms with Crippen LogP contribution in [0.25, 0.3) is 0 Å². The number of nitrogens with zero attached hydrogens (tertiary/aromatic N) is 3. The topological polar surface area (TPSA) is 67.2 Å². The fourth-order valence-corrected chi connectivity index (χ4v) is 3.23. The van der Waals surface area contributed by atoms with Gasteiger partial charge in [-0.15, -0.1) is 0 Å². The van der Waals surface area contributed by atoms with Crippen LogP contribution in [0, 0.1) is 5.82 Å². The van der Waals surface area contributed by atoms with Gasteiger partial charge in [-0.2, -0.15) is 0 Å². The van der Waals surface area contributed by atoms with Crippen molar-refractivity contribution in [3.05, 3.63) is 53.9 Å². The molecule has 2 aromatic rings. The van der Waals surface area contributed by atoms with Gasteiger partial charge in [0.2, 0.25) is 11.8 Å². The summed E-state index contributed by atoms with van der Waals surface area (Å²) in [7, 11) is 0. The smallest absolute Gasteiger partial charge is 0.240 e. The van der Waals surface area contributed by atoms with Gasteiger partial charge in [0.25, 0.3) is 0 Å². The fraction of sp³-hybridized carbons (Fsp3) is 0.421. The molecule has 0 saturated carbocycles. The third kappa shape index (κ3) is 4.47. The summed E-state index contributed by atoms with van der Waals surface area (Å²) < 4.78 is 14.8. The average Bonchev–Trinajstić information content (AvgIpc) is 3.20. The van der Waals surface area contributed by atoms with Crippen molar-refractivity contribution in [2.45, 2.75) is 38.8 Å². The Kier molecular flexibility index (Phi) is 5.65. The highest BCUT2D eigenvalue weighted by molar-refractivity contribution is 5.82. The maximum Gasteiger partial charge on any atom is 0.240 e. The Morgan fingerprint density at radius 2 is 2.12 bits per heavy atom. The molecule has 1 atom stereocenters. The Hall–Kier alpha value is -2.70. The van der Waals surface area contributed by atoms with Gasteiger partial charge >= 0.3 is 0 Å². The van der Waals surface area contributed by atoms with Crippen molar-refractivity contribution < 1.29 is 14.0 Å². The second-order valence-electron chi connectivity index (χ2n) is 6.51. The second kappa shape index (κ2) is 8.12. The minimum absolute atomic E-state index is 0.0364. The number of nitrogens with one attached hydrogen (secondary N) is 1. The Labute approximate surface area is 152 Å². The summed E-state index contributed by atoms with van der Waals surface area (Å²) in [5, 5.41) is 2.93. The first-order valence-corrected chi connectivity index (χ1v) is 8.86. The maximum atomic E-state index is 12.9. The number of amides is 2. The first-order chi connectivity index (χ1) is 12.5. The second-order valence-corrected chi connectivity index (χ2v) is 6.51. The van der Waals surface area contributed by atoms with Crippen LogP contribution in [0.1, 0.15) is 24.7 Å². The number of hydrogen-bond acceptors (Lipinski definition) is 3. The number of benzene rings is 1. The van der Waals surface area contributed by atoms with E-state index in [4.69, 9.17) is 0 Å². The molecule has 6 nitrogen and oxygen atoms in total. The molecule has 26 heavy (non-hydrogen) atoms. The first kappa shape index (κ1) is 18.1. The van der Waals surface area contributed by atoms with Crippen molar-refractivity contribution in [2.75, 3.05) is 13.1 Å². The average molecular weight is 358 g/mol. The van der Waals surface area contributed by atoms with Gasteiger partial charge in [-0.05, 0) is 24.1 Å². The van der Waals surface area contributed by atoms with Crippen molar-refractivity contribution >= 4 is 11.8 Å². The summed E-state index contributed by atoms with van der Waals surface area (Å²) in [6, 6.07) is 6.13. The Balaban J connectivity index is 1.48. The molecule has 138 valence electrons. The number of likely N-dealkylation sites (tertiary alicyclic amines) is 1. The predicted molar refractivity (Wildman–Crippen MR) is 94.8 cm³/mol. The van der Waals surface area contributed by atoms with Gasteiger partial charge in [-0.1, -0.05) is 19.1 Å². The van der Waals surface area contributed by atoms with E-state index in [2.05, 4.69) is 10.3 Å². The summed E-state index contributed by atoms with van der Waals surface area (Å²) in [6.45, 7) is 3.28. The molecular formula is C19H23FN4O2. The third-order valence-electron chi connectivity index (χ3n) is 4.60. The minimum atomic E-state index is -0.266. The lowest BCUT2D eigenvalue weighted by molar-refractivity contribution is -0.127. The van der Waals surface area contributed by atoms with Gasteiger partial charge in [-0.25, -0.2) is 9.37 Å². The molecule has 1 fully saturated rings. The molecule has 2 heterocycles. The quantitative estimate of drug-likeness (QED) is 0.817. The molecule has 0 aliphatic carbocycles. The zero-order valence-electron chi connectivity index (χ0n) is 14.8. The van der Waals surface area contributed by atoms with Crippen molar-refractivity contribution in [3.8, 4) is 0 Å².